The Morgan fingerprint density at radius 3 is 2.65 bits per heavy atom. The van der Waals surface area contributed by atoms with Crippen molar-refractivity contribution in [3.8, 4) is 0 Å². The van der Waals surface area contributed by atoms with Gasteiger partial charge in [-0.2, -0.15) is 0 Å². The van der Waals surface area contributed by atoms with E-state index in [1.54, 1.807) is 4.90 Å². The van der Waals surface area contributed by atoms with Crippen LogP contribution in [-0.2, 0) is 4.79 Å². The fraction of sp³-hybridized carbons (Fsp3) is 0.500. The number of hydrogen-bond donors (Lipinski definition) is 0. The van der Waals surface area contributed by atoms with Gasteiger partial charge in [0, 0.05) is 31.3 Å². The molecule has 1 aromatic rings. The summed E-state index contributed by atoms with van der Waals surface area (Å²) < 4.78 is 0.966. The molecule has 3 nitrogen and oxygen atoms in total. The number of thiophene rings is 1. The number of ketones is 1. The molecule has 5 heteroatoms. The molecule has 0 aromatic carbocycles. The van der Waals surface area contributed by atoms with Gasteiger partial charge in [0.05, 0.1) is 9.35 Å². The molecular formula is C12H14BrNO2S. The molecule has 92 valence electrons. The topological polar surface area (TPSA) is 37.4 Å². The predicted molar refractivity (Wildman–Crippen MR) is 71.4 cm³/mol. The number of rotatable bonds is 2. The van der Waals surface area contributed by atoms with E-state index in [9.17, 15) is 9.59 Å². The second-order valence-electron chi connectivity index (χ2n) is 4.33. The zero-order valence-corrected chi connectivity index (χ0v) is 12.0. The van der Waals surface area contributed by atoms with E-state index >= 15 is 0 Å². The third kappa shape index (κ3) is 2.96. The van der Waals surface area contributed by atoms with Crippen molar-refractivity contribution in [1.29, 1.82) is 0 Å². The number of carbonyl (C=O) groups excluding carboxylic acids is 2. The third-order valence-corrected chi connectivity index (χ3v) is 4.70. The van der Waals surface area contributed by atoms with E-state index in [-0.39, 0.29) is 11.9 Å². The predicted octanol–water partition coefficient (Wildman–Crippen LogP) is 3.09. The van der Waals surface area contributed by atoms with Crippen LogP contribution in [0.4, 0.5) is 0 Å². The zero-order valence-electron chi connectivity index (χ0n) is 9.61. The molecule has 1 fully saturated rings. The lowest BCUT2D eigenvalue weighted by molar-refractivity contribution is -0.121. The van der Waals surface area contributed by atoms with Gasteiger partial charge in [0.1, 0.15) is 5.78 Å². The first kappa shape index (κ1) is 12.8. The summed E-state index contributed by atoms with van der Waals surface area (Å²) >= 11 is 4.87. The number of carbonyl (C=O) groups is 2. The minimum absolute atomic E-state index is 0.0475. The summed E-state index contributed by atoms with van der Waals surface area (Å²) in [6.45, 7) is 0. The summed E-state index contributed by atoms with van der Waals surface area (Å²) in [5.41, 5.74) is 0.723. The van der Waals surface area contributed by atoms with Crippen LogP contribution >= 0.6 is 27.3 Å². The lowest BCUT2D eigenvalue weighted by Gasteiger charge is -2.30. The number of hydrogen-bond acceptors (Lipinski definition) is 3. The van der Waals surface area contributed by atoms with Crippen LogP contribution in [0.5, 0.6) is 0 Å². The maximum Gasteiger partial charge on any atom is 0.254 e. The van der Waals surface area contributed by atoms with E-state index in [0.29, 0.717) is 18.6 Å². The standard InChI is InChI=1S/C12H14BrNO2S/c1-14(9-2-4-10(15)5-3-9)12(16)8-6-11(13)17-7-8/h6-7,9H,2-5H2,1H3. The summed E-state index contributed by atoms with van der Waals surface area (Å²) in [4.78, 5) is 25.1. The highest BCUT2D eigenvalue weighted by atomic mass is 79.9. The Balaban J connectivity index is 2.02. The molecule has 2 rings (SSSR count). The molecule has 0 atom stereocenters. The van der Waals surface area contributed by atoms with E-state index in [2.05, 4.69) is 15.9 Å². The van der Waals surface area contributed by atoms with Gasteiger partial charge in [-0.05, 0) is 34.8 Å². The summed E-state index contributed by atoms with van der Waals surface area (Å²) in [7, 11) is 1.83. The number of nitrogens with zero attached hydrogens (tertiary/aromatic N) is 1. The van der Waals surface area contributed by atoms with Crippen molar-refractivity contribution in [3.63, 3.8) is 0 Å². The molecule has 1 saturated carbocycles. The van der Waals surface area contributed by atoms with Gasteiger partial charge in [0.2, 0.25) is 0 Å². The SMILES string of the molecule is CN(C(=O)c1csc(Br)c1)C1CCC(=O)CC1. The lowest BCUT2D eigenvalue weighted by Crippen LogP contribution is -2.39. The number of amides is 1. The quantitative estimate of drug-likeness (QED) is 0.841. The molecule has 1 aliphatic carbocycles. The Labute approximate surface area is 113 Å². The van der Waals surface area contributed by atoms with E-state index < -0.39 is 0 Å². The molecule has 0 saturated heterocycles. The highest BCUT2D eigenvalue weighted by Crippen LogP contribution is 2.24. The number of Topliss-reactive ketones (excluding diaryl/α,β-unsaturated/α-hetero) is 1. The first-order valence-corrected chi connectivity index (χ1v) is 7.28. The monoisotopic (exact) mass is 315 g/mol. The fourth-order valence-corrected chi connectivity index (χ4v) is 3.23. The van der Waals surface area contributed by atoms with Crippen molar-refractivity contribution in [2.75, 3.05) is 7.05 Å². The van der Waals surface area contributed by atoms with Gasteiger partial charge in [0.15, 0.2) is 0 Å². The highest BCUT2D eigenvalue weighted by Gasteiger charge is 2.26. The van der Waals surface area contributed by atoms with Crippen LogP contribution < -0.4 is 0 Å². The van der Waals surface area contributed by atoms with Gasteiger partial charge in [-0.15, -0.1) is 11.3 Å². The number of halogens is 1. The normalized spacial score (nSPS) is 17.2. The second-order valence-corrected chi connectivity index (χ2v) is 6.62. The molecule has 0 bridgehead atoms. The Morgan fingerprint density at radius 1 is 1.47 bits per heavy atom. The van der Waals surface area contributed by atoms with Crippen molar-refractivity contribution < 1.29 is 9.59 Å². The second kappa shape index (κ2) is 5.31. The van der Waals surface area contributed by atoms with Gasteiger partial charge in [0.25, 0.3) is 5.91 Å². The van der Waals surface area contributed by atoms with Crippen molar-refractivity contribution in [3.05, 3.63) is 20.8 Å². The van der Waals surface area contributed by atoms with Crippen LogP contribution in [0, 0.1) is 0 Å². The summed E-state index contributed by atoms with van der Waals surface area (Å²) in [5.74, 6) is 0.367. The molecule has 17 heavy (non-hydrogen) atoms. The smallest absolute Gasteiger partial charge is 0.254 e. The van der Waals surface area contributed by atoms with E-state index in [1.165, 1.54) is 11.3 Å². The van der Waals surface area contributed by atoms with Gasteiger partial charge in [-0.3, -0.25) is 9.59 Å². The maximum atomic E-state index is 12.2. The molecule has 0 unspecified atom stereocenters. The van der Waals surface area contributed by atoms with Gasteiger partial charge in [-0.1, -0.05) is 0 Å². The molecule has 0 radical (unpaired) electrons. The van der Waals surface area contributed by atoms with Gasteiger partial charge in [-0.25, -0.2) is 0 Å². The Kier molecular flexibility index (Phi) is 3.99. The van der Waals surface area contributed by atoms with Gasteiger partial charge < -0.3 is 4.90 Å². The van der Waals surface area contributed by atoms with Crippen LogP contribution in [0.15, 0.2) is 15.2 Å². The minimum Gasteiger partial charge on any atom is -0.339 e. The van der Waals surface area contributed by atoms with Crippen LogP contribution in [-0.4, -0.2) is 29.7 Å². The molecule has 0 N–H and O–H groups in total. The molecule has 0 aliphatic heterocycles. The largest absolute Gasteiger partial charge is 0.339 e. The Bertz CT molecular complexity index is 433. The van der Waals surface area contributed by atoms with Crippen molar-refractivity contribution in [2.45, 2.75) is 31.7 Å². The van der Waals surface area contributed by atoms with Crippen LogP contribution in [0.2, 0.25) is 0 Å². The maximum absolute atomic E-state index is 12.2. The molecule has 1 aliphatic rings. The Morgan fingerprint density at radius 2 is 2.12 bits per heavy atom. The lowest BCUT2D eigenvalue weighted by atomic mass is 9.93. The van der Waals surface area contributed by atoms with E-state index in [4.69, 9.17) is 0 Å². The van der Waals surface area contributed by atoms with Crippen LogP contribution in [0.1, 0.15) is 36.0 Å². The molecular weight excluding hydrogens is 302 g/mol. The van der Waals surface area contributed by atoms with Crippen LogP contribution in [0.3, 0.4) is 0 Å². The average Bonchev–Trinajstić information content (AvgIpc) is 2.75. The minimum atomic E-state index is 0.0475. The fourth-order valence-electron chi connectivity index (χ4n) is 2.10. The first-order chi connectivity index (χ1) is 8.08. The summed E-state index contributed by atoms with van der Waals surface area (Å²) in [6.07, 6.45) is 2.81. The summed E-state index contributed by atoms with van der Waals surface area (Å²) in [6, 6.07) is 2.05. The van der Waals surface area contributed by atoms with Gasteiger partial charge >= 0.3 is 0 Å². The molecule has 0 spiro atoms. The molecule has 1 aromatic heterocycles. The van der Waals surface area contributed by atoms with Crippen molar-refractivity contribution >= 4 is 39.0 Å². The Hall–Kier alpha value is -0.680. The average molecular weight is 316 g/mol. The van der Waals surface area contributed by atoms with E-state index in [0.717, 1.165) is 22.2 Å². The highest BCUT2D eigenvalue weighted by molar-refractivity contribution is 9.11. The van der Waals surface area contributed by atoms with E-state index in [1.807, 2.05) is 18.5 Å². The van der Waals surface area contributed by atoms with Crippen LogP contribution in [0.25, 0.3) is 0 Å². The first-order valence-electron chi connectivity index (χ1n) is 5.61. The zero-order chi connectivity index (χ0) is 12.4. The third-order valence-electron chi connectivity index (χ3n) is 3.20. The molecule has 1 amide bonds. The van der Waals surface area contributed by atoms with Crippen molar-refractivity contribution in [1.82, 2.24) is 4.90 Å². The molecule has 1 heterocycles. The van der Waals surface area contributed by atoms with Crippen molar-refractivity contribution in [2.24, 2.45) is 0 Å². The summed E-state index contributed by atoms with van der Waals surface area (Å²) in [5, 5.41) is 1.86.